The van der Waals surface area contributed by atoms with Crippen LogP contribution in [-0.2, 0) is 50.2 Å². The fourth-order valence-corrected chi connectivity index (χ4v) is 7.76. The van der Waals surface area contributed by atoms with Gasteiger partial charge in [0.15, 0.2) is 0 Å². The van der Waals surface area contributed by atoms with E-state index in [0.29, 0.717) is 16.2 Å². The molecule has 1 N–H and O–H groups in total. The first-order valence-corrected chi connectivity index (χ1v) is 20.9. The topological polar surface area (TPSA) is 24.0 Å². The molecule has 1 aliphatic heterocycles. The van der Waals surface area contributed by atoms with Crippen LogP contribution in [-0.4, -0.2) is 20.0 Å². The van der Waals surface area contributed by atoms with E-state index in [0.717, 1.165) is 32.4 Å². The van der Waals surface area contributed by atoms with E-state index < -0.39 is 0 Å². The highest BCUT2D eigenvalue weighted by atomic mass is 15.2. The van der Waals surface area contributed by atoms with Gasteiger partial charge in [-0.05, 0) is 119 Å². The molecule has 2 aromatic heterocycles. The number of nitrogens with zero attached hydrogens (tertiary/aromatic N) is 2. The summed E-state index contributed by atoms with van der Waals surface area (Å²) in [6.07, 6.45) is 3.40. The zero-order chi connectivity index (χ0) is 41.5. The maximum atomic E-state index is 3.56. The number of aryl methyl sites for hydroxylation is 1. The fraction of sp³-hybridized carbons (Fsp3) is 0.577. The van der Waals surface area contributed by atoms with E-state index in [9.17, 15) is 0 Å². The Labute approximate surface area is 337 Å². The van der Waals surface area contributed by atoms with Crippen LogP contribution >= 0.6 is 0 Å². The molecule has 302 valence electrons. The van der Waals surface area contributed by atoms with Gasteiger partial charge in [0.05, 0.1) is 0 Å². The van der Waals surface area contributed by atoms with Crippen molar-refractivity contribution in [2.45, 2.75) is 173 Å². The summed E-state index contributed by atoms with van der Waals surface area (Å²) in [6.45, 7) is 43.3. The van der Waals surface area contributed by atoms with E-state index in [4.69, 9.17) is 0 Å². The molecule has 0 saturated heterocycles. The SMILES string of the molecule is CC(C)(C)Cc1ccc2c(c1)CN(C(C)(C)C)C2.CC(C)(C)Cc1ccc2cc(C(C)(C)C)[nH]c2c1.Cn1c(C(C)(C)C)cc2ccc(CC(C)(C)C)cc21. The quantitative estimate of drug-likeness (QED) is 0.195. The largest absolute Gasteiger partial charge is 0.358 e. The minimum atomic E-state index is 0.184. The molecule has 6 rings (SSSR count). The lowest BCUT2D eigenvalue weighted by atomic mass is 9.87. The molecule has 3 nitrogen and oxygen atoms in total. The van der Waals surface area contributed by atoms with E-state index >= 15 is 0 Å². The summed E-state index contributed by atoms with van der Waals surface area (Å²) in [4.78, 5) is 6.12. The van der Waals surface area contributed by atoms with Crippen molar-refractivity contribution in [2.24, 2.45) is 23.3 Å². The van der Waals surface area contributed by atoms with Gasteiger partial charge < -0.3 is 9.55 Å². The number of nitrogens with one attached hydrogen (secondary N) is 1. The molecule has 0 unspecified atom stereocenters. The van der Waals surface area contributed by atoms with Crippen molar-refractivity contribution in [2.75, 3.05) is 0 Å². The number of fused-ring (bicyclic) bond motifs is 3. The summed E-state index contributed by atoms with van der Waals surface area (Å²) in [5.41, 5.74) is 14.4. The lowest BCUT2D eigenvalue weighted by molar-refractivity contribution is 0.136. The second-order valence-corrected chi connectivity index (χ2v) is 23.4. The molecule has 5 aromatic rings. The summed E-state index contributed by atoms with van der Waals surface area (Å²) < 4.78 is 2.35. The molecule has 55 heavy (non-hydrogen) atoms. The molecule has 0 radical (unpaired) electrons. The van der Waals surface area contributed by atoms with E-state index in [1.807, 2.05) is 0 Å². The Morgan fingerprint density at radius 1 is 0.491 bits per heavy atom. The number of benzene rings is 3. The molecule has 1 aliphatic rings. The van der Waals surface area contributed by atoms with Gasteiger partial charge in [-0.25, -0.2) is 0 Å². The molecule has 0 atom stereocenters. The molecule has 0 amide bonds. The van der Waals surface area contributed by atoms with Crippen LogP contribution in [0.15, 0.2) is 66.7 Å². The van der Waals surface area contributed by atoms with Crippen LogP contribution < -0.4 is 0 Å². The lowest BCUT2D eigenvalue weighted by Gasteiger charge is -2.31. The first-order valence-electron chi connectivity index (χ1n) is 20.9. The number of H-pyrrole nitrogens is 1. The van der Waals surface area contributed by atoms with Crippen molar-refractivity contribution in [1.82, 2.24) is 14.5 Å². The van der Waals surface area contributed by atoms with Crippen molar-refractivity contribution < 1.29 is 0 Å². The lowest BCUT2D eigenvalue weighted by Crippen LogP contribution is -2.36. The third kappa shape index (κ3) is 12.9. The van der Waals surface area contributed by atoms with Gasteiger partial charge in [0.25, 0.3) is 0 Å². The van der Waals surface area contributed by atoms with Gasteiger partial charge in [-0.1, -0.05) is 146 Å². The summed E-state index contributed by atoms with van der Waals surface area (Å²) in [5.74, 6) is 0. The molecule has 0 spiro atoms. The van der Waals surface area contributed by atoms with Crippen LogP contribution in [0.25, 0.3) is 21.8 Å². The minimum Gasteiger partial charge on any atom is -0.358 e. The first-order chi connectivity index (χ1) is 24.9. The highest BCUT2D eigenvalue weighted by Crippen LogP contribution is 2.33. The second kappa shape index (κ2) is 15.9. The van der Waals surface area contributed by atoms with Crippen LogP contribution in [0.1, 0.15) is 164 Å². The highest BCUT2D eigenvalue weighted by molar-refractivity contribution is 5.83. The first kappa shape index (κ1) is 44.4. The summed E-state index contributed by atoms with van der Waals surface area (Å²) >= 11 is 0. The molecule has 3 aromatic carbocycles. The highest BCUT2D eigenvalue weighted by Gasteiger charge is 2.28. The van der Waals surface area contributed by atoms with Gasteiger partial charge in [-0.2, -0.15) is 0 Å². The van der Waals surface area contributed by atoms with Crippen molar-refractivity contribution in [1.29, 1.82) is 0 Å². The smallest absolute Gasteiger partial charge is 0.0482 e. The molecule has 3 heteroatoms. The zero-order valence-corrected chi connectivity index (χ0v) is 38.8. The molecular weight excluding hydrogens is 667 g/mol. The van der Waals surface area contributed by atoms with E-state index in [1.165, 1.54) is 61.0 Å². The van der Waals surface area contributed by atoms with Crippen molar-refractivity contribution in [3.63, 3.8) is 0 Å². The normalized spacial score (nSPS) is 14.5. The Kier molecular flexibility index (Phi) is 12.9. The number of aromatic nitrogens is 2. The zero-order valence-electron chi connectivity index (χ0n) is 38.8. The van der Waals surface area contributed by atoms with Gasteiger partial charge in [0.1, 0.15) is 0 Å². The monoisotopic (exact) mass is 746 g/mol. The van der Waals surface area contributed by atoms with E-state index in [-0.39, 0.29) is 16.4 Å². The number of hydrogen-bond acceptors (Lipinski definition) is 1. The van der Waals surface area contributed by atoms with Crippen LogP contribution in [0.2, 0.25) is 0 Å². The minimum absolute atomic E-state index is 0.184. The van der Waals surface area contributed by atoms with Gasteiger partial charge in [-0.3, -0.25) is 4.90 Å². The van der Waals surface area contributed by atoms with Crippen molar-refractivity contribution in [3.05, 3.63) is 106 Å². The van der Waals surface area contributed by atoms with Gasteiger partial charge in [0, 0.05) is 58.9 Å². The fourth-order valence-electron chi connectivity index (χ4n) is 7.76. The third-order valence-electron chi connectivity index (χ3n) is 10.5. The Hall–Kier alpha value is -3.30. The van der Waals surface area contributed by atoms with Crippen molar-refractivity contribution >= 4 is 21.8 Å². The predicted octanol–water partition coefficient (Wildman–Crippen LogP) is 14.5. The second-order valence-electron chi connectivity index (χ2n) is 23.4. The third-order valence-corrected chi connectivity index (χ3v) is 10.5. The van der Waals surface area contributed by atoms with Gasteiger partial charge >= 0.3 is 0 Å². The van der Waals surface area contributed by atoms with Crippen LogP contribution in [0.5, 0.6) is 0 Å². The maximum Gasteiger partial charge on any atom is 0.0482 e. The van der Waals surface area contributed by atoms with Gasteiger partial charge in [-0.15, -0.1) is 0 Å². The molecule has 0 aliphatic carbocycles. The average molecular weight is 746 g/mol. The Morgan fingerprint density at radius 2 is 0.964 bits per heavy atom. The van der Waals surface area contributed by atoms with Crippen LogP contribution in [0.4, 0.5) is 0 Å². The predicted molar refractivity (Wildman–Crippen MR) is 244 cm³/mol. The molecule has 0 fully saturated rings. The molecule has 0 bridgehead atoms. The van der Waals surface area contributed by atoms with Crippen LogP contribution in [0.3, 0.4) is 0 Å². The number of rotatable bonds is 3. The Bertz CT molecular complexity index is 2040. The Morgan fingerprint density at radius 3 is 1.45 bits per heavy atom. The number of hydrogen-bond donors (Lipinski definition) is 1. The van der Waals surface area contributed by atoms with E-state index in [2.05, 4.69) is 213 Å². The summed E-state index contributed by atoms with van der Waals surface area (Å²) in [5, 5.41) is 2.67. The molecule has 3 heterocycles. The van der Waals surface area contributed by atoms with Crippen LogP contribution in [0, 0.1) is 16.2 Å². The summed E-state index contributed by atoms with van der Waals surface area (Å²) in [7, 11) is 2.18. The molecule has 0 saturated carbocycles. The van der Waals surface area contributed by atoms with E-state index in [1.54, 1.807) is 0 Å². The average Bonchev–Trinajstić information content (AvgIpc) is 3.70. The standard InChI is InChI=1S/C18H27N.C17H27N.C17H25N/c1-17(2,3)12-13-8-9-14-11-16(18(4,5)6)19(7)15(14)10-13;1-16(2,3)10-13-7-8-14-11-18(17(4,5)6)12-15(14)9-13;1-16(2,3)11-12-7-8-13-10-15(17(4,5)6)18-14(13)9-12/h8-11H,12H2,1-7H3;7-9H,10-12H2,1-6H3;7-10,18H,11H2,1-6H3. The Balaban J connectivity index is 0.000000184. The number of aromatic amines is 1. The summed E-state index contributed by atoms with van der Waals surface area (Å²) in [6, 6.07) is 25.4. The van der Waals surface area contributed by atoms with Gasteiger partial charge in [0.2, 0.25) is 0 Å². The maximum absolute atomic E-state index is 3.56. The molecular formula is C52H79N3. The van der Waals surface area contributed by atoms with Crippen molar-refractivity contribution in [3.8, 4) is 0 Å².